The molecule has 17 heavy (non-hydrogen) atoms. The molecule has 0 fully saturated rings. The maximum Gasteiger partial charge on any atom is 0.0360 e. The molecule has 0 bridgehead atoms. The van der Waals surface area contributed by atoms with E-state index in [1.165, 1.54) is 11.1 Å². The molecule has 0 aromatic heterocycles. The minimum atomic E-state index is -0.671. The number of benzene rings is 1. The maximum atomic E-state index is 11.3. The molecule has 2 rings (SSSR count). The van der Waals surface area contributed by atoms with Gasteiger partial charge in [0.15, 0.2) is 0 Å². The van der Waals surface area contributed by atoms with Crippen LogP contribution in [0.1, 0.15) is 30.5 Å². The van der Waals surface area contributed by atoms with Gasteiger partial charge in [-0.1, -0.05) is 13.0 Å². The molecule has 0 amide bonds. The summed E-state index contributed by atoms with van der Waals surface area (Å²) >= 11 is 0. The van der Waals surface area contributed by atoms with Gasteiger partial charge in [0.05, 0.1) is 0 Å². The molecule has 1 aromatic carbocycles. The second-order valence-corrected chi connectivity index (χ2v) is 6.30. The average molecular weight is 252 g/mol. The largest absolute Gasteiger partial charge is 0.399 e. The van der Waals surface area contributed by atoms with Gasteiger partial charge in [-0.15, -0.1) is 0 Å². The number of hydrogen-bond acceptors (Lipinski definition) is 3. The highest BCUT2D eigenvalue weighted by Gasteiger charge is 2.21. The first kappa shape index (κ1) is 12.6. The molecule has 0 radical (unpaired) electrons. The molecule has 94 valence electrons. The van der Waals surface area contributed by atoms with Crippen LogP contribution in [0.4, 0.5) is 5.69 Å². The Morgan fingerprint density at radius 2 is 2.35 bits per heavy atom. The first-order valence-electron chi connectivity index (χ1n) is 6.17. The summed E-state index contributed by atoms with van der Waals surface area (Å²) in [5.74, 6) is 1.50. The second kappa shape index (κ2) is 5.65. The minimum Gasteiger partial charge on any atom is -0.399 e. The number of nitrogens with two attached hydrogens (primary N) is 1. The van der Waals surface area contributed by atoms with E-state index >= 15 is 0 Å². The Labute approximate surface area is 105 Å². The standard InChI is InChI=1S/C13H20N2OS/c1-2-17(16)8-7-15-13-6-3-10-9-11(14)4-5-12(10)13/h4-5,9,13,15H,2-3,6-8,14H2,1H3. The van der Waals surface area contributed by atoms with Gasteiger partial charge in [0.2, 0.25) is 0 Å². The third kappa shape index (κ3) is 3.07. The van der Waals surface area contributed by atoms with E-state index in [4.69, 9.17) is 5.73 Å². The van der Waals surface area contributed by atoms with E-state index in [9.17, 15) is 4.21 Å². The van der Waals surface area contributed by atoms with Gasteiger partial charge >= 0.3 is 0 Å². The lowest BCUT2D eigenvalue weighted by Gasteiger charge is -2.13. The molecule has 3 nitrogen and oxygen atoms in total. The average Bonchev–Trinajstić information content (AvgIpc) is 2.71. The number of rotatable bonds is 5. The number of nitrogen functional groups attached to an aromatic ring is 1. The molecule has 1 aliphatic carbocycles. The van der Waals surface area contributed by atoms with Crippen molar-refractivity contribution in [3.8, 4) is 0 Å². The fraction of sp³-hybridized carbons (Fsp3) is 0.538. The van der Waals surface area contributed by atoms with E-state index in [1.807, 2.05) is 13.0 Å². The topological polar surface area (TPSA) is 55.1 Å². The Morgan fingerprint density at radius 3 is 3.12 bits per heavy atom. The van der Waals surface area contributed by atoms with Gasteiger partial charge in [0, 0.05) is 40.6 Å². The maximum absolute atomic E-state index is 11.3. The first-order valence-corrected chi connectivity index (χ1v) is 7.66. The van der Waals surface area contributed by atoms with Crippen molar-refractivity contribution in [2.75, 3.05) is 23.8 Å². The van der Waals surface area contributed by atoms with Crippen LogP contribution in [0.3, 0.4) is 0 Å². The zero-order valence-electron chi connectivity index (χ0n) is 10.2. The van der Waals surface area contributed by atoms with E-state index in [0.29, 0.717) is 6.04 Å². The Kier molecular flexibility index (Phi) is 4.18. The summed E-state index contributed by atoms with van der Waals surface area (Å²) in [5, 5.41) is 3.49. The number of hydrogen-bond donors (Lipinski definition) is 2. The molecule has 0 spiro atoms. The van der Waals surface area contributed by atoms with Crippen molar-refractivity contribution in [2.45, 2.75) is 25.8 Å². The molecule has 0 aliphatic heterocycles. The molecule has 1 aliphatic rings. The Morgan fingerprint density at radius 1 is 1.53 bits per heavy atom. The van der Waals surface area contributed by atoms with Crippen molar-refractivity contribution in [2.24, 2.45) is 0 Å². The zero-order chi connectivity index (χ0) is 12.3. The molecule has 0 saturated carbocycles. The van der Waals surface area contributed by atoms with Crippen molar-refractivity contribution in [3.63, 3.8) is 0 Å². The Balaban J connectivity index is 1.91. The predicted molar refractivity (Wildman–Crippen MR) is 73.5 cm³/mol. The second-order valence-electron chi connectivity index (χ2n) is 4.44. The van der Waals surface area contributed by atoms with Crippen LogP contribution in [0.15, 0.2) is 18.2 Å². The molecule has 3 N–H and O–H groups in total. The van der Waals surface area contributed by atoms with E-state index in [1.54, 1.807) is 0 Å². The van der Waals surface area contributed by atoms with Crippen LogP contribution in [0.5, 0.6) is 0 Å². The summed E-state index contributed by atoms with van der Waals surface area (Å²) in [4.78, 5) is 0. The fourth-order valence-corrected chi connectivity index (χ4v) is 2.98. The number of anilines is 1. The number of aryl methyl sites for hydroxylation is 1. The lowest BCUT2D eigenvalue weighted by Crippen LogP contribution is -2.24. The van der Waals surface area contributed by atoms with E-state index < -0.39 is 10.8 Å². The fourth-order valence-electron chi connectivity index (χ4n) is 2.34. The Bertz CT molecular complexity index is 420. The van der Waals surface area contributed by atoms with Crippen molar-refractivity contribution < 1.29 is 4.21 Å². The van der Waals surface area contributed by atoms with Crippen molar-refractivity contribution in [3.05, 3.63) is 29.3 Å². The van der Waals surface area contributed by atoms with Crippen LogP contribution in [0, 0.1) is 0 Å². The number of fused-ring (bicyclic) bond motifs is 1. The molecule has 1 aromatic rings. The van der Waals surface area contributed by atoms with E-state index in [0.717, 1.165) is 36.6 Å². The summed E-state index contributed by atoms with van der Waals surface area (Å²) in [6, 6.07) is 6.57. The molecule has 2 atom stereocenters. The number of nitrogens with one attached hydrogen (secondary N) is 1. The first-order chi connectivity index (χ1) is 8.20. The molecule has 4 heteroatoms. The van der Waals surface area contributed by atoms with Crippen LogP contribution in [0.2, 0.25) is 0 Å². The summed E-state index contributed by atoms with van der Waals surface area (Å²) in [7, 11) is -0.671. The van der Waals surface area contributed by atoms with Crippen molar-refractivity contribution >= 4 is 16.5 Å². The molecule has 2 unspecified atom stereocenters. The van der Waals surface area contributed by atoms with Gasteiger partial charge in [0.1, 0.15) is 0 Å². The van der Waals surface area contributed by atoms with Crippen LogP contribution in [-0.2, 0) is 17.2 Å². The molecule has 0 saturated heterocycles. The normalized spacial score (nSPS) is 20.2. The summed E-state index contributed by atoms with van der Waals surface area (Å²) < 4.78 is 11.3. The molecule has 0 heterocycles. The Hall–Kier alpha value is -0.870. The summed E-state index contributed by atoms with van der Waals surface area (Å²) in [5.41, 5.74) is 9.34. The van der Waals surface area contributed by atoms with E-state index in [-0.39, 0.29) is 0 Å². The highest BCUT2D eigenvalue weighted by molar-refractivity contribution is 7.84. The lowest BCUT2D eigenvalue weighted by atomic mass is 10.1. The summed E-state index contributed by atoms with van der Waals surface area (Å²) in [6.07, 6.45) is 2.21. The highest BCUT2D eigenvalue weighted by Crippen LogP contribution is 2.32. The third-order valence-corrected chi connectivity index (χ3v) is 4.59. The van der Waals surface area contributed by atoms with Crippen LogP contribution >= 0.6 is 0 Å². The van der Waals surface area contributed by atoms with Gasteiger partial charge in [-0.3, -0.25) is 4.21 Å². The van der Waals surface area contributed by atoms with Crippen LogP contribution in [0.25, 0.3) is 0 Å². The zero-order valence-corrected chi connectivity index (χ0v) is 11.1. The van der Waals surface area contributed by atoms with Gasteiger partial charge in [-0.2, -0.15) is 0 Å². The lowest BCUT2D eigenvalue weighted by molar-refractivity contribution is 0.549. The van der Waals surface area contributed by atoms with Crippen LogP contribution < -0.4 is 11.1 Å². The van der Waals surface area contributed by atoms with Crippen LogP contribution in [-0.4, -0.2) is 22.3 Å². The quantitative estimate of drug-likeness (QED) is 0.783. The van der Waals surface area contributed by atoms with Gasteiger partial charge in [0.25, 0.3) is 0 Å². The smallest absolute Gasteiger partial charge is 0.0360 e. The third-order valence-electron chi connectivity index (χ3n) is 3.29. The van der Waals surface area contributed by atoms with Gasteiger partial charge in [-0.05, 0) is 36.1 Å². The molecular weight excluding hydrogens is 232 g/mol. The monoisotopic (exact) mass is 252 g/mol. The van der Waals surface area contributed by atoms with Gasteiger partial charge in [-0.25, -0.2) is 0 Å². The van der Waals surface area contributed by atoms with Crippen molar-refractivity contribution in [1.29, 1.82) is 0 Å². The predicted octanol–water partition coefficient (Wildman–Crippen LogP) is 1.61. The summed E-state index contributed by atoms with van der Waals surface area (Å²) in [6.45, 7) is 2.79. The van der Waals surface area contributed by atoms with Crippen molar-refractivity contribution in [1.82, 2.24) is 5.32 Å². The SMILES string of the molecule is CCS(=O)CCNC1CCc2cc(N)ccc21. The van der Waals surface area contributed by atoms with E-state index in [2.05, 4.69) is 17.4 Å². The molecular formula is C13H20N2OS. The van der Waals surface area contributed by atoms with Gasteiger partial charge < -0.3 is 11.1 Å². The minimum absolute atomic E-state index is 0.416. The highest BCUT2D eigenvalue weighted by atomic mass is 32.2.